The van der Waals surface area contributed by atoms with Crippen molar-refractivity contribution in [3.05, 3.63) is 65.7 Å². The molecule has 0 saturated carbocycles. The summed E-state index contributed by atoms with van der Waals surface area (Å²) in [5.74, 6) is 0.404. The van der Waals surface area contributed by atoms with Gasteiger partial charge in [-0.25, -0.2) is 0 Å². The van der Waals surface area contributed by atoms with Gasteiger partial charge in [-0.2, -0.15) is 0 Å². The Morgan fingerprint density at radius 3 is 2.48 bits per heavy atom. The van der Waals surface area contributed by atoms with Crippen LogP contribution in [0.4, 0.5) is 5.69 Å². The number of benzene rings is 2. The van der Waals surface area contributed by atoms with Crippen LogP contribution in [0, 0.1) is 6.92 Å². The molecular weight excluding hydrogens is 340 g/mol. The van der Waals surface area contributed by atoms with Gasteiger partial charge in [-0.05, 0) is 61.9 Å². The van der Waals surface area contributed by atoms with Gasteiger partial charge in [0, 0.05) is 16.4 Å². The summed E-state index contributed by atoms with van der Waals surface area (Å²) in [5, 5.41) is 11.0. The van der Waals surface area contributed by atoms with E-state index in [1.165, 1.54) is 0 Å². The van der Waals surface area contributed by atoms with Crippen LogP contribution >= 0.6 is 11.6 Å². The van der Waals surface area contributed by atoms with Crippen LogP contribution in [0.5, 0.6) is 5.75 Å². The van der Waals surface area contributed by atoms with E-state index in [0.29, 0.717) is 16.5 Å². The van der Waals surface area contributed by atoms with E-state index in [-0.39, 0.29) is 5.91 Å². The number of ether oxygens (including phenoxy) is 1. The summed E-state index contributed by atoms with van der Waals surface area (Å²) in [6.45, 7) is 3.59. The van der Waals surface area contributed by atoms with Gasteiger partial charge in [-0.3, -0.25) is 9.36 Å². The highest BCUT2D eigenvalue weighted by Gasteiger charge is 2.16. The van der Waals surface area contributed by atoms with Gasteiger partial charge in [0.05, 0.1) is 0 Å². The minimum absolute atomic E-state index is 0.230. The zero-order valence-corrected chi connectivity index (χ0v) is 14.6. The molecule has 0 spiro atoms. The van der Waals surface area contributed by atoms with Crippen molar-refractivity contribution in [2.24, 2.45) is 0 Å². The standard InChI is InChI=1S/C18H17ClN4O2/c1-12-9-14(19)3-8-17(12)25-13(2)18(24)22-15-4-6-16(7-5-15)23-10-20-21-11-23/h3-11,13H,1-2H3,(H,22,24). The number of hydrogen-bond donors (Lipinski definition) is 1. The predicted octanol–water partition coefficient (Wildman–Crippen LogP) is 3.64. The number of rotatable bonds is 5. The second kappa shape index (κ2) is 7.36. The summed E-state index contributed by atoms with van der Waals surface area (Å²) in [5.41, 5.74) is 2.47. The third-order valence-electron chi connectivity index (χ3n) is 3.66. The normalized spacial score (nSPS) is 11.8. The molecule has 7 heteroatoms. The molecule has 0 aliphatic carbocycles. The van der Waals surface area contributed by atoms with E-state index in [1.54, 1.807) is 42.3 Å². The second-order valence-electron chi connectivity index (χ2n) is 5.58. The Kier molecular flexibility index (Phi) is 5.00. The first-order valence-electron chi connectivity index (χ1n) is 7.71. The molecule has 6 nitrogen and oxygen atoms in total. The van der Waals surface area contributed by atoms with E-state index in [1.807, 2.05) is 31.2 Å². The van der Waals surface area contributed by atoms with Crippen LogP contribution in [0.3, 0.4) is 0 Å². The van der Waals surface area contributed by atoms with Gasteiger partial charge in [0.1, 0.15) is 18.4 Å². The molecule has 128 valence electrons. The molecule has 0 bridgehead atoms. The number of amides is 1. The number of nitrogens with zero attached hydrogens (tertiary/aromatic N) is 3. The van der Waals surface area contributed by atoms with Crippen molar-refractivity contribution < 1.29 is 9.53 Å². The molecular formula is C18H17ClN4O2. The van der Waals surface area contributed by atoms with Crippen LogP contribution in [-0.4, -0.2) is 26.8 Å². The van der Waals surface area contributed by atoms with Crippen molar-refractivity contribution in [1.29, 1.82) is 0 Å². The Bertz CT molecular complexity index is 863. The monoisotopic (exact) mass is 356 g/mol. The van der Waals surface area contributed by atoms with E-state index in [9.17, 15) is 4.79 Å². The Balaban J connectivity index is 1.63. The maximum Gasteiger partial charge on any atom is 0.265 e. The molecule has 0 radical (unpaired) electrons. The summed E-state index contributed by atoms with van der Waals surface area (Å²) in [6.07, 6.45) is 2.58. The van der Waals surface area contributed by atoms with Gasteiger partial charge in [-0.1, -0.05) is 11.6 Å². The minimum Gasteiger partial charge on any atom is -0.481 e. The molecule has 1 aromatic heterocycles. The molecule has 3 rings (SSSR count). The van der Waals surface area contributed by atoms with Crippen molar-refractivity contribution in [3.8, 4) is 11.4 Å². The van der Waals surface area contributed by atoms with E-state index in [4.69, 9.17) is 16.3 Å². The zero-order chi connectivity index (χ0) is 17.8. The molecule has 1 atom stereocenters. The van der Waals surface area contributed by atoms with E-state index in [0.717, 1.165) is 11.3 Å². The molecule has 0 saturated heterocycles. The summed E-state index contributed by atoms with van der Waals surface area (Å²) in [7, 11) is 0. The number of aryl methyl sites for hydroxylation is 1. The summed E-state index contributed by atoms with van der Waals surface area (Å²) >= 11 is 5.93. The third kappa shape index (κ3) is 4.16. The maximum absolute atomic E-state index is 12.3. The number of carbonyl (C=O) groups is 1. The molecule has 0 aliphatic rings. The Hall–Kier alpha value is -2.86. The van der Waals surface area contributed by atoms with Crippen molar-refractivity contribution in [2.45, 2.75) is 20.0 Å². The zero-order valence-electron chi connectivity index (χ0n) is 13.8. The summed E-state index contributed by atoms with van der Waals surface area (Å²) in [4.78, 5) is 12.3. The Morgan fingerprint density at radius 1 is 1.16 bits per heavy atom. The van der Waals surface area contributed by atoms with E-state index in [2.05, 4.69) is 15.5 Å². The first kappa shape index (κ1) is 17.0. The predicted molar refractivity (Wildman–Crippen MR) is 96.3 cm³/mol. The third-order valence-corrected chi connectivity index (χ3v) is 3.90. The molecule has 1 N–H and O–H groups in total. The van der Waals surface area contributed by atoms with Crippen molar-refractivity contribution in [3.63, 3.8) is 0 Å². The fourth-order valence-corrected chi connectivity index (χ4v) is 2.51. The highest BCUT2D eigenvalue weighted by Crippen LogP contribution is 2.23. The van der Waals surface area contributed by atoms with Crippen LogP contribution < -0.4 is 10.1 Å². The lowest BCUT2D eigenvalue weighted by Gasteiger charge is -2.16. The number of halogens is 1. The fraction of sp³-hybridized carbons (Fsp3) is 0.167. The highest BCUT2D eigenvalue weighted by atomic mass is 35.5. The Morgan fingerprint density at radius 2 is 1.84 bits per heavy atom. The molecule has 1 unspecified atom stereocenters. The average molecular weight is 357 g/mol. The van der Waals surface area contributed by atoms with E-state index < -0.39 is 6.10 Å². The molecule has 0 fully saturated rings. The van der Waals surface area contributed by atoms with Crippen molar-refractivity contribution in [2.75, 3.05) is 5.32 Å². The fourth-order valence-electron chi connectivity index (χ4n) is 2.28. The average Bonchev–Trinajstić information content (AvgIpc) is 3.12. The van der Waals surface area contributed by atoms with Crippen molar-refractivity contribution in [1.82, 2.24) is 14.8 Å². The number of hydrogen-bond acceptors (Lipinski definition) is 4. The molecule has 2 aromatic carbocycles. The maximum atomic E-state index is 12.3. The molecule has 1 heterocycles. The molecule has 25 heavy (non-hydrogen) atoms. The quantitative estimate of drug-likeness (QED) is 0.757. The van der Waals surface area contributed by atoms with Crippen LogP contribution in [0.15, 0.2) is 55.1 Å². The summed E-state index contributed by atoms with van der Waals surface area (Å²) in [6, 6.07) is 12.7. The number of anilines is 1. The van der Waals surface area contributed by atoms with E-state index >= 15 is 0 Å². The number of carbonyl (C=O) groups excluding carboxylic acids is 1. The van der Waals surface area contributed by atoms with Gasteiger partial charge < -0.3 is 10.1 Å². The lowest BCUT2D eigenvalue weighted by Crippen LogP contribution is -2.30. The van der Waals surface area contributed by atoms with Crippen LogP contribution in [-0.2, 0) is 4.79 Å². The largest absolute Gasteiger partial charge is 0.481 e. The van der Waals surface area contributed by atoms with Crippen molar-refractivity contribution >= 4 is 23.2 Å². The van der Waals surface area contributed by atoms with Gasteiger partial charge in [-0.15, -0.1) is 10.2 Å². The van der Waals surface area contributed by atoms with Gasteiger partial charge in [0.25, 0.3) is 5.91 Å². The molecule has 3 aromatic rings. The SMILES string of the molecule is Cc1cc(Cl)ccc1OC(C)C(=O)Nc1ccc(-n2cnnc2)cc1. The summed E-state index contributed by atoms with van der Waals surface area (Å²) < 4.78 is 7.50. The van der Waals surface area contributed by atoms with Crippen LogP contribution in [0.1, 0.15) is 12.5 Å². The number of nitrogens with one attached hydrogen (secondary N) is 1. The lowest BCUT2D eigenvalue weighted by molar-refractivity contribution is -0.122. The first-order valence-corrected chi connectivity index (χ1v) is 8.09. The topological polar surface area (TPSA) is 69.0 Å². The lowest BCUT2D eigenvalue weighted by atomic mass is 10.2. The minimum atomic E-state index is -0.641. The van der Waals surface area contributed by atoms with Gasteiger partial charge in [0.2, 0.25) is 0 Å². The second-order valence-corrected chi connectivity index (χ2v) is 6.01. The van der Waals surface area contributed by atoms with Crippen LogP contribution in [0.25, 0.3) is 5.69 Å². The van der Waals surface area contributed by atoms with Gasteiger partial charge in [0.15, 0.2) is 6.10 Å². The Labute approximate surface area is 150 Å². The smallest absolute Gasteiger partial charge is 0.265 e. The highest BCUT2D eigenvalue weighted by molar-refractivity contribution is 6.30. The van der Waals surface area contributed by atoms with Gasteiger partial charge >= 0.3 is 0 Å². The molecule has 1 amide bonds. The number of aromatic nitrogens is 3. The van der Waals surface area contributed by atoms with Crippen LogP contribution in [0.2, 0.25) is 5.02 Å². The molecule has 0 aliphatic heterocycles. The first-order chi connectivity index (χ1) is 12.0.